The number of hydrogen-bond acceptors (Lipinski definition) is 4. The van der Waals surface area contributed by atoms with E-state index < -0.39 is 0 Å². The summed E-state index contributed by atoms with van der Waals surface area (Å²) in [5, 5.41) is 8.13. The summed E-state index contributed by atoms with van der Waals surface area (Å²) < 4.78 is 11.2. The van der Waals surface area contributed by atoms with Crippen molar-refractivity contribution in [2.75, 3.05) is 7.11 Å². The Labute approximate surface area is 135 Å². The normalized spacial score (nSPS) is 19.7. The molecule has 116 valence electrons. The monoisotopic (exact) mass is 306 g/mol. The van der Waals surface area contributed by atoms with Crippen LogP contribution in [0, 0.1) is 5.41 Å². The maximum atomic E-state index is 8.13. The minimum absolute atomic E-state index is 0.202. The molecule has 0 bridgehead atoms. The molecule has 1 aliphatic heterocycles. The van der Waals surface area contributed by atoms with E-state index in [1.54, 1.807) is 7.11 Å². The second kappa shape index (κ2) is 5.54. The topological polar surface area (TPSA) is 55.2 Å². The van der Waals surface area contributed by atoms with Crippen molar-refractivity contribution in [2.45, 2.75) is 25.2 Å². The fourth-order valence-electron chi connectivity index (χ4n) is 3.51. The van der Waals surface area contributed by atoms with E-state index in [1.165, 1.54) is 16.7 Å². The zero-order chi connectivity index (χ0) is 15.8. The lowest BCUT2D eigenvalue weighted by Crippen LogP contribution is -2.23. The van der Waals surface area contributed by atoms with Gasteiger partial charge >= 0.3 is 0 Å². The van der Waals surface area contributed by atoms with Crippen molar-refractivity contribution in [3.63, 3.8) is 0 Å². The standard InChI is InChI=1S/C19H18N2O2/c1-22-14-4-2-12-3-5-15-16(13-6-8-21-9-7-13)11-18(20)23-19(15)17(12)10-14/h2,4,6-10,16,20H,3,5,11H2,1H3. The third-order valence-electron chi connectivity index (χ3n) is 4.66. The average molecular weight is 306 g/mol. The molecule has 1 aromatic carbocycles. The van der Waals surface area contributed by atoms with Gasteiger partial charge in [0, 0.05) is 30.3 Å². The predicted octanol–water partition coefficient (Wildman–Crippen LogP) is 3.93. The van der Waals surface area contributed by atoms with Crippen molar-refractivity contribution in [1.82, 2.24) is 4.98 Å². The van der Waals surface area contributed by atoms with Gasteiger partial charge in [0.2, 0.25) is 0 Å². The van der Waals surface area contributed by atoms with Gasteiger partial charge in [-0.15, -0.1) is 0 Å². The minimum atomic E-state index is 0.202. The van der Waals surface area contributed by atoms with Crippen LogP contribution in [-0.2, 0) is 11.2 Å². The molecule has 0 amide bonds. The molecule has 0 spiro atoms. The number of aryl methyl sites for hydroxylation is 1. The first-order valence-electron chi connectivity index (χ1n) is 7.82. The molecular weight excluding hydrogens is 288 g/mol. The number of pyridine rings is 1. The van der Waals surface area contributed by atoms with Gasteiger partial charge in [-0.25, -0.2) is 0 Å². The maximum Gasteiger partial charge on any atom is 0.188 e. The number of benzene rings is 1. The summed E-state index contributed by atoms with van der Waals surface area (Å²) in [7, 11) is 1.67. The molecular formula is C19H18N2O2. The number of nitrogens with zero attached hydrogens (tertiary/aromatic N) is 1. The highest BCUT2D eigenvalue weighted by Crippen LogP contribution is 2.45. The van der Waals surface area contributed by atoms with Crippen molar-refractivity contribution in [2.24, 2.45) is 0 Å². The largest absolute Gasteiger partial charge is 0.497 e. The fourth-order valence-corrected chi connectivity index (χ4v) is 3.51. The summed E-state index contributed by atoms with van der Waals surface area (Å²) in [6.07, 6.45) is 6.20. The van der Waals surface area contributed by atoms with Gasteiger partial charge in [-0.3, -0.25) is 10.4 Å². The van der Waals surface area contributed by atoms with Crippen LogP contribution in [0.15, 0.2) is 48.3 Å². The van der Waals surface area contributed by atoms with Crippen molar-refractivity contribution in [3.05, 3.63) is 65.0 Å². The van der Waals surface area contributed by atoms with Gasteiger partial charge < -0.3 is 9.47 Å². The second-order valence-electron chi connectivity index (χ2n) is 5.94. The van der Waals surface area contributed by atoms with Crippen LogP contribution in [0.4, 0.5) is 0 Å². The molecule has 2 aliphatic rings. The van der Waals surface area contributed by atoms with E-state index in [0.29, 0.717) is 12.3 Å². The molecule has 2 aromatic rings. The molecule has 0 radical (unpaired) electrons. The predicted molar refractivity (Wildman–Crippen MR) is 88.6 cm³/mol. The second-order valence-corrected chi connectivity index (χ2v) is 5.94. The van der Waals surface area contributed by atoms with Gasteiger partial charge in [0.1, 0.15) is 11.5 Å². The Bertz CT molecular complexity index is 796. The van der Waals surface area contributed by atoms with Crippen molar-refractivity contribution in [3.8, 4) is 5.75 Å². The van der Waals surface area contributed by atoms with Gasteiger partial charge in [-0.05, 0) is 53.8 Å². The van der Waals surface area contributed by atoms with Crippen LogP contribution in [0.25, 0.3) is 5.76 Å². The van der Waals surface area contributed by atoms with E-state index in [-0.39, 0.29) is 5.92 Å². The molecule has 1 aliphatic carbocycles. The van der Waals surface area contributed by atoms with E-state index in [1.807, 2.05) is 36.7 Å². The van der Waals surface area contributed by atoms with Gasteiger partial charge in [0.05, 0.1) is 7.11 Å². The van der Waals surface area contributed by atoms with Crippen molar-refractivity contribution < 1.29 is 9.47 Å². The van der Waals surface area contributed by atoms with Gasteiger partial charge in [0.15, 0.2) is 5.90 Å². The van der Waals surface area contributed by atoms with Crippen LogP contribution in [0.2, 0.25) is 0 Å². The van der Waals surface area contributed by atoms with Gasteiger partial charge in [-0.2, -0.15) is 0 Å². The fraction of sp³-hybridized carbons (Fsp3) is 0.263. The molecule has 4 rings (SSSR count). The molecule has 0 fully saturated rings. The molecule has 1 N–H and O–H groups in total. The Kier molecular flexibility index (Phi) is 3.37. The number of ether oxygens (including phenoxy) is 2. The molecule has 4 nitrogen and oxygen atoms in total. The highest BCUT2D eigenvalue weighted by molar-refractivity contribution is 5.87. The van der Waals surface area contributed by atoms with Crippen LogP contribution in [0.5, 0.6) is 5.75 Å². The van der Waals surface area contributed by atoms with E-state index in [4.69, 9.17) is 14.9 Å². The van der Waals surface area contributed by atoms with E-state index in [0.717, 1.165) is 29.9 Å². The summed E-state index contributed by atoms with van der Waals surface area (Å²) in [5.74, 6) is 2.19. The number of hydrogen-bond donors (Lipinski definition) is 1. The lowest BCUT2D eigenvalue weighted by molar-refractivity contribution is 0.411. The number of allylic oxidation sites excluding steroid dienone is 1. The van der Waals surface area contributed by atoms with E-state index in [2.05, 4.69) is 11.1 Å². The number of nitrogens with one attached hydrogen (secondary N) is 1. The summed E-state index contributed by atoms with van der Waals surface area (Å²) in [6, 6.07) is 10.2. The van der Waals surface area contributed by atoms with Crippen LogP contribution >= 0.6 is 0 Å². The van der Waals surface area contributed by atoms with Crippen molar-refractivity contribution >= 4 is 11.7 Å². The summed E-state index contributed by atoms with van der Waals surface area (Å²) in [6.45, 7) is 0. The molecule has 2 heterocycles. The Morgan fingerprint density at radius 3 is 2.78 bits per heavy atom. The van der Waals surface area contributed by atoms with Crippen LogP contribution < -0.4 is 4.74 Å². The average Bonchev–Trinajstić information content (AvgIpc) is 2.61. The molecule has 0 saturated heterocycles. The first kappa shape index (κ1) is 14.0. The number of rotatable bonds is 2. The number of aromatic nitrogens is 1. The van der Waals surface area contributed by atoms with Crippen LogP contribution in [-0.4, -0.2) is 18.0 Å². The Morgan fingerprint density at radius 2 is 2.00 bits per heavy atom. The summed E-state index contributed by atoms with van der Waals surface area (Å²) >= 11 is 0. The maximum absolute atomic E-state index is 8.13. The Balaban J connectivity index is 1.85. The quantitative estimate of drug-likeness (QED) is 0.914. The molecule has 1 atom stereocenters. The van der Waals surface area contributed by atoms with Crippen LogP contribution in [0.3, 0.4) is 0 Å². The molecule has 4 heteroatoms. The third kappa shape index (κ3) is 2.40. The zero-order valence-electron chi connectivity index (χ0n) is 13.0. The zero-order valence-corrected chi connectivity index (χ0v) is 13.0. The molecule has 1 aromatic heterocycles. The highest BCUT2D eigenvalue weighted by Gasteiger charge is 2.33. The van der Waals surface area contributed by atoms with Crippen molar-refractivity contribution in [1.29, 1.82) is 5.41 Å². The molecule has 1 unspecified atom stereocenters. The van der Waals surface area contributed by atoms with Crippen LogP contribution in [0.1, 0.15) is 35.4 Å². The van der Waals surface area contributed by atoms with Gasteiger partial charge in [-0.1, -0.05) is 6.07 Å². The molecule has 23 heavy (non-hydrogen) atoms. The smallest absolute Gasteiger partial charge is 0.188 e. The highest BCUT2D eigenvalue weighted by atomic mass is 16.5. The summed E-state index contributed by atoms with van der Waals surface area (Å²) in [5.41, 5.74) is 4.81. The molecule has 0 saturated carbocycles. The first-order chi connectivity index (χ1) is 11.3. The number of methoxy groups -OCH3 is 1. The third-order valence-corrected chi connectivity index (χ3v) is 4.66. The lowest BCUT2D eigenvalue weighted by atomic mass is 9.78. The van der Waals surface area contributed by atoms with E-state index >= 15 is 0 Å². The Hall–Kier alpha value is -2.62. The van der Waals surface area contributed by atoms with E-state index in [9.17, 15) is 0 Å². The number of fused-ring (bicyclic) bond motifs is 2. The summed E-state index contributed by atoms with van der Waals surface area (Å²) in [4.78, 5) is 4.10. The minimum Gasteiger partial charge on any atom is -0.497 e. The lowest BCUT2D eigenvalue weighted by Gasteiger charge is -2.33. The Morgan fingerprint density at radius 1 is 1.17 bits per heavy atom. The SMILES string of the molecule is COc1ccc2c(c1)C1=C(CC2)C(c2ccncc2)CC(=N)O1. The van der Waals surface area contributed by atoms with Gasteiger partial charge in [0.25, 0.3) is 0 Å². The first-order valence-corrected chi connectivity index (χ1v) is 7.82.